The maximum Gasteiger partial charge on any atom is 0.261 e. The monoisotopic (exact) mass is 142 g/mol. The van der Waals surface area contributed by atoms with Crippen LogP contribution in [-0.4, -0.2) is 25.4 Å². The van der Waals surface area contributed by atoms with E-state index in [0.717, 1.165) is 0 Å². The fraction of sp³-hybridized carbons (Fsp3) is 1.00. The molecule has 0 radical (unpaired) electrons. The first-order valence-electron chi connectivity index (χ1n) is 2.24. The van der Waals surface area contributed by atoms with Crippen molar-refractivity contribution in [3.63, 3.8) is 0 Å². The predicted octanol–water partition coefficient (Wildman–Crippen LogP) is 1.20. The summed E-state index contributed by atoms with van der Waals surface area (Å²) in [4.78, 5) is 0. The predicted molar refractivity (Wildman–Crippen MR) is 30.7 cm³/mol. The third-order valence-electron chi connectivity index (χ3n) is 0.479. The fourth-order valence-electron chi connectivity index (χ4n) is 0.237. The van der Waals surface area contributed by atoms with Crippen LogP contribution in [0.25, 0.3) is 0 Å². The minimum absolute atomic E-state index is 0.299. The van der Waals surface area contributed by atoms with Gasteiger partial charge >= 0.3 is 0 Å². The molecule has 0 bridgehead atoms. The average Bonchev–Trinajstić information content (AvgIpc) is 1.66. The molecule has 0 aromatic heterocycles. The first kappa shape index (κ1) is 8.17. The molecular weight excluding hydrogens is 134 g/mol. The van der Waals surface area contributed by atoms with Gasteiger partial charge in [-0.3, -0.25) is 0 Å². The minimum atomic E-state index is -2.35. The van der Waals surface area contributed by atoms with E-state index in [2.05, 4.69) is 17.4 Å². The molecule has 0 aliphatic rings. The number of hydrogen-bond acceptors (Lipinski definition) is 2. The molecule has 0 unspecified atom stereocenters. The molecule has 0 saturated carbocycles. The second kappa shape index (κ2) is 5.31. The summed E-state index contributed by atoms with van der Waals surface area (Å²) in [6.45, 7) is -0.173. The summed E-state index contributed by atoms with van der Waals surface area (Å²) in [6.07, 6.45) is -2.35. The second-order valence-electron chi connectivity index (χ2n) is 1.19. The largest absolute Gasteiger partial charge is 0.375 e. The second-order valence-corrected chi connectivity index (χ2v) is 1.64. The van der Waals surface area contributed by atoms with Crippen molar-refractivity contribution in [2.75, 3.05) is 19.0 Å². The van der Waals surface area contributed by atoms with Crippen molar-refractivity contribution in [2.24, 2.45) is 0 Å². The molecule has 0 rings (SSSR count). The molecule has 0 aromatic rings. The zero-order valence-electron chi connectivity index (χ0n) is 4.31. The average molecular weight is 142 g/mol. The molecule has 0 N–H and O–H groups in total. The Hall–Kier alpha value is 0.170. The Bertz CT molecular complexity index is 51.3. The molecule has 0 amide bonds. The number of alkyl halides is 2. The Labute approximate surface area is 52.4 Å². The Balaban J connectivity index is 2.72. The van der Waals surface area contributed by atoms with Gasteiger partial charge in [0.15, 0.2) is 0 Å². The van der Waals surface area contributed by atoms with Crippen LogP contribution in [0.4, 0.5) is 8.78 Å². The summed E-state index contributed by atoms with van der Waals surface area (Å²) in [6, 6.07) is 0. The van der Waals surface area contributed by atoms with Crippen molar-refractivity contribution in [3.8, 4) is 0 Å². The van der Waals surface area contributed by atoms with Gasteiger partial charge in [0.25, 0.3) is 6.43 Å². The van der Waals surface area contributed by atoms with Crippen LogP contribution in [0, 0.1) is 0 Å². The fourth-order valence-corrected chi connectivity index (χ4v) is 0.366. The molecule has 8 heavy (non-hydrogen) atoms. The van der Waals surface area contributed by atoms with E-state index < -0.39 is 13.0 Å². The lowest BCUT2D eigenvalue weighted by molar-refractivity contribution is 0.0238. The van der Waals surface area contributed by atoms with Crippen LogP contribution in [0.1, 0.15) is 0 Å². The van der Waals surface area contributed by atoms with Gasteiger partial charge < -0.3 is 4.74 Å². The topological polar surface area (TPSA) is 9.23 Å². The third-order valence-corrected chi connectivity index (χ3v) is 0.662. The molecule has 50 valence electrons. The van der Waals surface area contributed by atoms with Crippen LogP contribution in [0.5, 0.6) is 0 Å². The van der Waals surface area contributed by atoms with E-state index in [1.807, 2.05) is 0 Å². The van der Waals surface area contributed by atoms with E-state index in [9.17, 15) is 8.78 Å². The molecule has 4 heteroatoms. The minimum Gasteiger partial charge on any atom is -0.375 e. The van der Waals surface area contributed by atoms with Gasteiger partial charge in [-0.15, -0.1) is 0 Å². The molecule has 0 aliphatic carbocycles. The van der Waals surface area contributed by atoms with Crippen LogP contribution >= 0.6 is 12.6 Å². The van der Waals surface area contributed by atoms with Gasteiger partial charge in [-0.05, 0) is 0 Å². The normalized spacial score (nSPS) is 10.5. The van der Waals surface area contributed by atoms with Crippen molar-refractivity contribution < 1.29 is 13.5 Å². The van der Waals surface area contributed by atoms with E-state index in [4.69, 9.17) is 0 Å². The van der Waals surface area contributed by atoms with Crippen molar-refractivity contribution in [1.82, 2.24) is 0 Å². The highest BCUT2D eigenvalue weighted by molar-refractivity contribution is 7.80. The number of hydrogen-bond donors (Lipinski definition) is 1. The number of rotatable bonds is 4. The summed E-state index contributed by atoms with van der Waals surface area (Å²) in [7, 11) is 0. The Morgan fingerprint density at radius 1 is 1.50 bits per heavy atom. The van der Waals surface area contributed by atoms with Gasteiger partial charge in [-0.1, -0.05) is 0 Å². The zero-order chi connectivity index (χ0) is 6.41. The third kappa shape index (κ3) is 6.17. The lowest BCUT2D eigenvalue weighted by Gasteiger charge is -1.97. The summed E-state index contributed by atoms with van der Waals surface area (Å²) in [5.74, 6) is 0.493. The van der Waals surface area contributed by atoms with E-state index >= 15 is 0 Å². The van der Waals surface area contributed by atoms with Gasteiger partial charge in [0.2, 0.25) is 0 Å². The highest BCUT2D eigenvalue weighted by Crippen LogP contribution is 1.91. The highest BCUT2D eigenvalue weighted by atomic mass is 32.1. The molecule has 0 saturated heterocycles. The highest BCUT2D eigenvalue weighted by Gasteiger charge is 1.99. The van der Waals surface area contributed by atoms with Gasteiger partial charge in [0, 0.05) is 5.75 Å². The standard InChI is InChI=1S/C4H8F2OS/c5-4(6)3-7-1-2-8/h4,8H,1-3H2. The van der Waals surface area contributed by atoms with Gasteiger partial charge in [0.1, 0.15) is 6.61 Å². The summed E-state index contributed by atoms with van der Waals surface area (Å²) < 4.78 is 26.8. The van der Waals surface area contributed by atoms with Crippen LogP contribution in [0.3, 0.4) is 0 Å². The molecule has 0 aliphatic heterocycles. The number of halogens is 2. The molecule has 0 atom stereocenters. The van der Waals surface area contributed by atoms with Crippen molar-refractivity contribution in [1.29, 1.82) is 0 Å². The van der Waals surface area contributed by atoms with E-state index in [1.165, 1.54) is 0 Å². The lowest BCUT2D eigenvalue weighted by Crippen LogP contribution is -2.05. The smallest absolute Gasteiger partial charge is 0.261 e. The molecular formula is C4H8F2OS. The first-order valence-corrected chi connectivity index (χ1v) is 2.87. The summed E-state index contributed by atoms with van der Waals surface area (Å²) >= 11 is 3.75. The van der Waals surface area contributed by atoms with Crippen molar-refractivity contribution in [3.05, 3.63) is 0 Å². The van der Waals surface area contributed by atoms with Gasteiger partial charge in [0.05, 0.1) is 6.61 Å². The van der Waals surface area contributed by atoms with E-state index in [-0.39, 0.29) is 0 Å². The SMILES string of the molecule is FC(F)COCCS. The zero-order valence-corrected chi connectivity index (χ0v) is 5.20. The van der Waals surface area contributed by atoms with E-state index in [0.29, 0.717) is 12.4 Å². The summed E-state index contributed by atoms with van der Waals surface area (Å²) in [5, 5.41) is 0. The van der Waals surface area contributed by atoms with Crippen LogP contribution < -0.4 is 0 Å². The van der Waals surface area contributed by atoms with Crippen molar-refractivity contribution >= 4 is 12.6 Å². The number of thiol groups is 1. The molecule has 0 heterocycles. The van der Waals surface area contributed by atoms with E-state index in [1.54, 1.807) is 0 Å². The maximum absolute atomic E-state index is 11.2. The summed E-state index contributed by atoms with van der Waals surface area (Å²) in [5.41, 5.74) is 0. The van der Waals surface area contributed by atoms with Crippen LogP contribution in [0.2, 0.25) is 0 Å². The molecule has 0 fully saturated rings. The first-order chi connectivity index (χ1) is 3.77. The Morgan fingerprint density at radius 3 is 2.50 bits per heavy atom. The molecule has 0 aromatic carbocycles. The lowest BCUT2D eigenvalue weighted by atomic mass is 10.7. The molecule has 0 spiro atoms. The molecule has 1 nitrogen and oxygen atoms in total. The quantitative estimate of drug-likeness (QED) is 0.458. The van der Waals surface area contributed by atoms with Gasteiger partial charge in [-0.2, -0.15) is 12.6 Å². The number of ether oxygens (including phenoxy) is 1. The van der Waals surface area contributed by atoms with Crippen LogP contribution in [0.15, 0.2) is 0 Å². The Kier molecular flexibility index (Phi) is 5.42. The maximum atomic E-state index is 11.2. The Morgan fingerprint density at radius 2 is 2.12 bits per heavy atom. The van der Waals surface area contributed by atoms with Crippen molar-refractivity contribution in [2.45, 2.75) is 6.43 Å². The van der Waals surface area contributed by atoms with Crippen LogP contribution in [-0.2, 0) is 4.74 Å². The van der Waals surface area contributed by atoms with Gasteiger partial charge in [-0.25, -0.2) is 8.78 Å².